The van der Waals surface area contributed by atoms with Gasteiger partial charge in [0.15, 0.2) is 0 Å². The van der Waals surface area contributed by atoms with Crippen LogP contribution in [0.15, 0.2) is 47.4 Å². The van der Waals surface area contributed by atoms with E-state index in [-0.39, 0.29) is 29.5 Å². The molecule has 3 rings (SSSR count). The number of morpholine rings is 1. The second kappa shape index (κ2) is 10.8. The molecule has 1 heterocycles. The normalized spacial score (nSPS) is 14.1. The molecule has 2 aromatic carbocycles. The number of carbonyl (C=O) groups is 2. The lowest BCUT2D eigenvalue weighted by atomic mass is 10.1. The molecule has 0 spiro atoms. The van der Waals surface area contributed by atoms with Crippen molar-refractivity contribution in [1.82, 2.24) is 9.62 Å². The molecule has 178 valence electrons. The first-order valence-corrected chi connectivity index (χ1v) is 12.3. The van der Waals surface area contributed by atoms with Crippen LogP contribution in [0.3, 0.4) is 0 Å². The first-order chi connectivity index (χ1) is 15.7. The van der Waals surface area contributed by atoms with Gasteiger partial charge in [-0.25, -0.2) is 13.1 Å². The monoisotopic (exact) mass is 474 g/mol. The largest absolute Gasteiger partial charge is 0.378 e. The van der Waals surface area contributed by atoms with E-state index >= 15 is 0 Å². The molecule has 1 aliphatic rings. The van der Waals surface area contributed by atoms with Crippen molar-refractivity contribution in [3.8, 4) is 0 Å². The maximum absolute atomic E-state index is 12.9. The van der Waals surface area contributed by atoms with Crippen molar-refractivity contribution in [2.75, 3.05) is 56.7 Å². The van der Waals surface area contributed by atoms with Gasteiger partial charge in [-0.3, -0.25) is 9.59 Å². The topological polar surface area (TPSA) is 108 Å². The van der Waals surface area contributed by atoms with Gasteiger partial charge in [-0.2, -0.15) is 0 Å². The summed E-state index contributed by atoms with van der Waals surface area (Å²) in [6, 6.07) is 11.9. The summed E-state index contributed by atoms with van der Waals surface area (Å²) in [6.45, 7) is 6.52. The third-order valence-electron chi connectivity index (χ3n) is 5.34. The van der Waals surface area contributed by atoms with Gasteiger partial charge in [0.05, 0.1) is 24.7 Å². The van der Waals surface area contributed by atoms with Gasteiger partial charge in [0.25, 0.3) is 5.91 Å². The number of nitrogens with zero attached hydrogens (tertiary/aromatic N) is 2. The fourth-order valence-electron chi connectivity index (χ4n) is 3.54. The maximum atomic E-state index is 12.9. The first-order valence-electron chi connectivity index (χ1n) is 10.8. The summed E-state index contributed by atoms with van der Waals surface area (Å²) in [5, 5.41) is 2.79. The molecule has 2 N–H and O–H groups in total. The van der Waals surface area contributed by atoms with Crippen molar-refractivity contribution in [1.29, 1.82) is 0 Å². The zero-order chi connectivity index (χ0) is 24.0. The van der Waals surface area contributed by atoms with E-state index in [1.807, 2.05) is 24.3 Å². The molecular weight excluding hydrogens is 444 g/mol. The Morgan fingerprint density at radius 1 is 1.09 bits per heavy atom. The van der Waals surface area contributed by atoms with Crippen LogP contribution in [0, 0.1) is 6.92 Å². The maximum Gasteiger partial charge on any atom is 0.254 e. The number of anilines is 2. The summed E-state index contributed by atoms with van der Waals surface area (Å²) < 4.78 is 32.3. The summed E-state index contributed by atoms with van der Waals surface area (Å²) in [7, 11) is -2.19. The number of carbonyl (C=O) groups excluding carboxylic acids is 2. The Balaban J connectivity index is 1.63. The Morgan fingerprint density at radius 2 is 1.76 bits per heavy atom. The Morgan fingerprint density at radius 3 is 2.39 bits per heavy atom. The first kappa shape index (κ1) is 24.7. The SMILES string of the molecule is CCNS(=O)(=O)c1ccc(C)c(C(=O)N(C)CC(=O)Nc2ccc(N3CCOCC3)cc2)c1. The van der Waals surface area contributed by atoms with Crippen LogP contribution >= 0.6 is 0 Å². The lowest BCUT2D eigenvalue weighted by Gasteiger charge is -2.28. The van der Waals surface area contributed by atoms with Crippen LogP contribution in [0.1, 0.15) is 22.8 Å². The Hall–Kier alpha value is -2.95. The van der Waals surface area contributed by atoms with Crippen molar-refractivity contribution in [2.24, 2.45) is 0 Å². The highest BCUT2D eigenvalue weighted by Crippen LogP contribution is 2.20. The van der Waals surface area contributed by atoms with Crippen molar-refractivity contribution >= 4 is 33.2 Å². The van der Waals surface area contributed by atoms with Crippen molar-refractivity contribution in [3.05, 3.63) is 53.6 Å². The minimum Gasteiger partial charge on any atom is -0.378 e. The number of sulfonamides is 1. The van der Waals surface area contributed by atoms with Gasteiger partial charge in [0.2, 0.25) is 15.9 Å². The van der Waals surface area contributed by atoms with Gasteiger partial charge in [-0.1, -0.05) is 13.0 Å². The number of hydrogen-bond donors (Lipinski definition) is 2. The minimum absolute atomic E-state index is 0.0107. The molecule has 2 amide bonds. The van der Waals surface area contributed by atoms with Gasteiger partial charge < -0.3 is 19.9 Å². The highest BCUT2D eigenvalue weighted by atomic mass is 32.2. The highest BCUT2D eigenvalue weighted by molar-refractivity contribution is 7.89. The van der Waals surface area contributed by atoms with Gasteiger partial charge in [-0.05, 0) is 48.9 Å². The van der Waals surface area contributed by atoms with Crippen LogP contribution in [-0.2, 0) is 19.6 Å². The summed E-state index contributed by atoms with van der Waals surface area (Å²) in [5.41, 5.74) is 2.56. The zero-order valence-electron chi connectivity index (χ0n) is 19.1. The third-order valence-corrected chi connectivity index (χ3v) is 6.88. The number of ether oxygens (including phenoxy) is 1. The van der Waals surface area contributed by atoms with E-state index in [1.54, 1.807) is 19.9 Å². The van der Waals surface area contributed by atoms with E-state index in [2.05, 4.69) is 14.9 Å². The van der Waals surface area contributed by atoms with Crippen LogP contribution < -0.4 is 14.9 Å². The van der Waals surface area contributed by atoms with Crippen LogP contribution in [0.25, 0.3) is 0 Å². The van der Waals surface area contributed by atoms with Crippen molar-refractivity contribution in [3.63, 3.8) is 0 Å². The molecule has 0 saturated carbocycles. The highest BCUT2D eigenvalue weighted by Gasteiger charge is 2.21. The molecular formula is C23H30N4O5S. The van der Waals surface area contributed by atoms with Crippen LogP contribution in [0.4, 0.5) is 11.4 Å². The molecule has 0 unspecified atom stereocenters. The van der Waals surface area contributed by atoms with Gasteiger partial charge in [0, 0.05) is 43.6 Å². The third kappa shape index (κ3) is 6.31. The van der Waals surface area contributed by atoms with E-state index in [4.69, 9.17) is 4.74 Å². The molecule has 0 atom stereocenters. The average molecular weight is 475 g/mol. The second-order valence-electron chi connectivity index (χ2n) is 7.83. The van der Waals surface area contributed by atoms with Gasteiger partial charge in [0.1, 0.15) is 0 Å². The van der Waals surface area contributed by atoms with Crippen LogP contribution in [-0.4, -0.2) is 71.6 Å². The van der Waals surface area contributed by atoms with Crippen LogP contribution in [0.2, 0.25) is 0 Å². The van der Waals surface area contributed by atoms with Crippen molar-refractivity contribution < 1.29 is 22.7 Å². The molecule has 10 heteroatoms. The summed E-state index contributed by atoms with van der Waals surface area (Å²) in [5.74, 6) is -0.780. The molecule has 0 radical (unpaired) electrons. The quantitative estimate of drug-likeness (QED) is 0.605. The predicted molar refractivity (Wildman–Crippen MR) is 127 cm³/mol. The lowest BCUT2D eigenvalue weighted by Crippen LogP contribution is -2.36. The number of rotatable bonds is 8. The van der Waals surface area contributed by atoms with E-state index < -0.39 is 15.9 Å². The van der Waals surface area contributed by atoms with Crippen LogP contribution in [0.5, 0.6) is 0 Å². The fourth-order valence-corrected chi connectivity index (χ4v) is 4.61. The van der Waals surface area contributed by atoms with E-state index in [0.717, 1.165) is 18.8 Å². The Kier molecular flexibility index (Phi) is 8.06. The molecule has 1 saturated heterocycles. The molecule has 0 aliphatic carbocycles. The van der Waals surface area contributed by atoms with E-state index in [9.17, 15) is 18.0 Å². The predicted octanol–water partition coefficient (Wildman–Crippen LogP) is 1.84. The summed E-state index contributed by atoms with van der Waals surface area (Å²) in [6.07, 6.45) is 0. The van der Waals surface area contributed by atoms with Gasteiger partial charge in [-0.15, -0.1) is 0 Å². The summed E-state index contributed by atoms with van der Waals surface area (Å²) >= 11 is 0. The van der Waals surface area contributed by atoms with Crippen molar-refractivity contribution in [2.45, 2.75) is 18.7 Å². The molecule has 0 bridgehead atoms. The van der Waals surface area contributed by atoms with Gasteiger partial charge >= 0.3 is 0 Å². The van der Waals surface area contributed by atoms with E-state index in [0.29, 0.717) is 24.5 Å². The molecule has 1 aliphatic heterocycles. The molecule has 9 nitrogen and oxygen atoms in total. The number of benzene rings is 2. The second-order valence-corrected chi connectivity index (χ2v) is 9.60. The Labute approximate surface area is 194 Å². The number of amides is 2. The molecule has 33 heavy (non-hydrogen) atoms. The summed E-state index contributed by atoms with van der Waals surface area (Å²) in [4.78, 5) is 28.9. The lowest BCUT2D eigenvalue weighted by molar-refractivity contribution is -0.116. The smallest absolute Gasteiger partial charge is 0.254 e. The minimum atomic E-state index is -3.69. The standard InChI is InChI=1S/C23H30N4O5S/c1-4-24-33(30,31)20-10-5-17(2)21(15-20)23(29)26(3)16-22(28)25-18-6-8-19(9-7-18)27-11-13-32-14-12-27/h5-10,15,24H,4,11-14,16H2,1-3H3,(H,25,28). The van der Waals surface area contributed by atoms with E-state index in [1.165, 1.54) is 24.1 Å². The fraction of sp³-hybridized carbons (Fsp3) is 0.391. The number of likely N-dealkylation sites (N-methyl/N-ethyl adjacent to an activating group) is 1. The molecule has 0 aromatic heterocycles. The number of aryl methyl sites for hydroxylation is 1. The Bertz CT molecular complexity index is 1100. The number of nitrogens with one attached hydrogen (secondary N) is 2. The molecule has 2 aromatic rings. The number of hydrogen-bond acceptors (Lipinski definition) is 6. The molecule has 1 fully saturated rings. The zero-order valence-corrected chi connectivity index (χ0v) is 19.9. The average Bonchev–Trinajstić information content (AvgIpc) is 2.79.